The first-order valence-electron chi connectivity index (χ1n) is 6.50. The summed E-state index contributed by atoms with van der Waals surface area (Å²) in [5, 5.41) is 3.45. The van der Waals surface area contributed by atoms with Crippen LogP contribution in [0.1, 0.15) is 50.4 Å². The van der Waals surface area contributed by atoms with Crippen LogP contribution in [0.5, 0.6) is 0 Å². The van der Waals surface area contributed by atoms with Crippen molar-refractivity contribution in [3.05, 3.63) is 35.2 Å². The van der Waals surface area contributed by atoms with Crippen molar-refractivity contribution in [3.63, 3.8) is 0 Å². The molecule has 0 aliphatic carbocycles. The second-order valence-electron chi connectivity index (χ2n) is 5.33. The second kappa shape index (κ2) is 5.01. The van der Waals surface area contributed by atoms with Gasteiger partial charge in [-0.25, -0.2) is 0 Å². The van der Waals surface area contributed by atoms with Gasteiger partial charge in [0, 0.05) is 24.8 Å². The van der Waals surface area contributed by atoms with E-state index in [-0.39, 0.29) is 0 Å². The molecule has 1 aliphatic heterocycles. The number of pyridine rings is 1. The molecule has 0 radical (unpaired) electrons. The predicted molar refractivity (Wildman–Crippen MR) is 72.8 cm³/mol. The molecule has 1 aromatic rings. The summed E-state index contributed by atoms with van der Waals surface area (Å²) in [6.45, 7) is 10.9. The Bertz CT molecular complexity index is 431. The Balaban J connectivity index is 2.61. The fourth-order valence-electron chi connectivity index (χ4n) is 2.45. The summed E-state index contributed by atoms with van der Waals surface area (Å²) in [6, 6.07) is 2.15. The van der Waals surface area contributed by atoms with E-state index in [4.69, 9.17) is 0 Å². The molecule has 0 bridgehead atoms. The monoisotopic (exact) mass is 230 g/mol. The van der Waals surface area contributed by atoms with Gasteiger partial charge in [0.05, 0.1) is 5.69 Å². The van der Waals surface area contributed by atoms with Crippen LogP contribution in [0, 0.1) is 5.92 Å². The minimum atomic E-state index is 0.477. The van der Waals surface area contributed by atoms with Gasteiger partial charge in [0.2, 0.25) is 0 Å². The average Bonchev–Trinajstić information content (AvgIpc) is 2.50. The van der Waals surface area contributed by atoms with Crippen molar-refractivity contribution < 1.29 is 0 Å². The minimum absolute atomic E-state index is 0.477. The van der Waals surface area contributed by atoms with Crippen LogP contribution in [-0.4, -0.2) is 11.5 Å². The Morgan fingerprint density at radius 1 is 1.18 bits per heavy atom. The van der Waals surface area contributed by atoms with Gasteiger partial charge in [-0.2, -0.15) is 0 Å². The summed E-state index contributed by atoms with van der Waals surface area (Å²) in [7, 11) is 0. The highest BCUT2D eigenvalue weighted by atomic mass is 14.9. The predicted octanol–water partition coefficient (Wildman–Crippen LogP) is 3.35. The Labute approximate surface area is 104 Å². The number of aromatic nitrogens is 1. The molecular formula is C15H22N2. The average molecular weight is 230 g/mol. The van der Waals surface area contributed by atoms with Crippen molar-refractivity contribution in [3.8, 4) is 0 Å². The quantitative estimate of drug-likeness (QED) is 0.842. The number of nitrogens with zero attached hydrogens (tertiary/aromatic N) is 1. The van der Waals surface area contributed by atoms with Crippen LogP contribution in [0.25, 0.3) is 5.57 Å². The molecule has 1 aromatic heterocycles. The number of rotatable bonds is 2. The lowest BCUT2D eigenvalue weighted by molar-refractivity contribution is 0.755. The van der Waals surface area contributed by atoms with E-state index in [1.54, 1.807) is 0 Å². The minimum Gasteiger partial charge on any atom is -0.309 e. The molecule has 0 unspecified atom stereocenters. The SMILES string of the molecule is CC(C)C1=CCNCc2ccnc(C(C)C)c21. The van der Waals surface area contributed by atoms with E-state index >= 15 is 0 Å². The lowest BCUT2D eigenvalue weighted by atomic mass is 9.88. The summed E-state index contributed by atoms with van der Waals surface area (Å²) in [4.78, 5) is 4.60. The van der Waals surface area contributed by atoms with Crippen LogP contribution in [0.4, 0.5) is 0 Å². The molecule has 2 rings (SSSR count). The lowest BCUT2D eigenvalue weighted by Crippen LogP contribution is -2.12. The van der Waals surface area contributed by atoms with Crippen molar-refractivity contribution in [2.45, 2.75) is 40.2 Å². The normalized spacial score (nSPS) is 15.8. The number of fused-ring (bicyclic) bond motifs is 1. The molecule has 2 heterocycles. The molecular weight excluding hydrogens is 208 g/mol. The van der Waals surface area contributed by atoms with Gasteiger partial charge in [0.1, 0.15) is 0 Å². The van der Waals surface area contributed by atoms with Gasteiger partial charge in [-0.15, -0.1) is 0 Å². The van der Waals surface area contributed by atoms with Gasteiger partial charge in [-0.05, 0) is 29.0 Å². The highest BCUT2D eigenvalue weighted by Crippen LogP contribution is 2.32. The largest absolute Gasteiger partial charge is 0.309 e. The van der Waals surface area contributed by atoms with Crippen LogP contribution >= 0.6 is 0 Å². The van der Waals surface area contributed by atoms with E-state index in [1.807, 2.05) is 6.20 Å². The van der Waals surface area contributed by atoms with Crippen molar-refractivity contribution in [2.24, 2.45) is 5.92 Å². The molecule has 92 valence electrons. The van der Waals surface area contributed by atoms with E-state index in [2.05, 4.69) is 50.1 Å². The van der Waals surface area contributed by atoms with Crippen LogP contribution in [0.2, 0.25) is 0 Å². The van der Waals surface area contributed by atoms with Gasteiger partial charge in [-0.3, -0.25) is 4.98 Å². The Kier molecular flexibility index (Phi) is 3.63. The topological polar surface area (TPSA) is 24.9 Å². The Hall–Kier alpha value is -1.15. The zero-order valence-corrected chi connectivity index (χ0v) is 11.2. The third-order valence-corrected chi connectivity index (χ3v) is 3.31. The molecule has 0 aromatic carbocycles. The standard InChI is InChI=1S/C15H22N2/c1-10(2)13-6-7-16-9-12-5-8-17-15(11(3)4)14(12)13/h5-6,8,10-11,16H,7,9H2,1-4H3. The highest BCUT2D eigenvalue weighted by Gasteiger charge is 2.19. The molecule has 1 aliphatic rings. The summed E-state index contributed by atoms with van der Waals surface area (Å²) >= 11 is 0. The lowest BCUT2D eigenvalue weighted by Gasteiger charge is -2.19. The third-order valence-electron chi connectivity index (χ3n) is 3.31. The molecule has 0 spiro atoms. The molecule has 1 N–H and O–H groups in total. The number of nitrogens with one attached hydrogen (secondary N) is 1. The van der Waals surface area contributed by atoms with E-state index in [0.29, 0.717) is 11.8 Å². The number of hydrogen-bond acceptors (Lipinski definition) is 2. The Morgan fingerprint density at radius 2 is 1.94 bits per heavy atom. The summed E-state index contributed by atoms with van der Waals surface area (Å²) in [5.41, 5.74) is 5.47. The molecule has 2 heteroatoms. The fraction of sp³-hybridized carbons (Fsp3) is 0.533. The molecule has 0 atom stereocenters. The van der Waals surface area contributed by atoms with E-state index < -0.39 is 0 Å². The van der Waals surface area contributed by atoms with E-state index in [9.17, 15) is 0 Å². The maximum atomic E-state index is 4.60. The first kappa shape index (κ1) is 12.3. The van der Waals surface area contributed by atoms with Gasteiger partial charge in [-0.1, -0.05) is 33.8 Å². The van der Waals surface area contributed by atoms with Gasteiger partial charge >= 0.3 is 0 Å². The maximum Gasteiger partial charge on any atom is 0.0507 e. The number of allylic oxidation sites excluding steroid dienone is 1. The van der Waals surface area contributed by atoms with Gasteiger partial charge < -0.3 is 5.32 Å². The zero-order chi connectivity index (χ0) is 12.4. The van der Waals surface area contributed by atoms with Crippen LogP contribution in [-0.2, 0) is 6.54 Å². The molecule has 0 saturated carbocycles. The fourth-order valence-corrected chi connectivity index (χ4v) is 2.45. The van der Waals surface area contributed by atoms with E-state index in [1.165, 1.54) is 22.4 Å². The highest BCUT2D eigenvalue weighted by molar-refractivity contribution is 5.72. The van der Waals surface area contributed by atoms with Crippen molar-refractivity contribution in [2.75, 3.05) is 6.54 Å². The first-order valence-corrected chi connectivity index (χ1v) is 6.50. The second-order valence-corrected chi connectivity index (χ2v) is 5.33. The molecule has 0 saturated heterocycles. The molecule has 2 nitrogen and oxygen atoms in total. The van der Waals surface area contributed by atoms with Crippen LogP contribution < -0.4 is 5.32 Å². The van der Waals surface area contributed by atoms with Crippen molar-refractivity contribution >= 4 is 5.57 Å². The van der Waals surface area contributed by atoms with Crippen molar-refractivity contribution in [1.82, 2.24) is 10.3 Å². The van der Waals surface area contributed by atoms with Gasteiger partial charge in [0.25, 0.3) is 0 Å². The van der Waals surface area contributed by atoms with Gasteiger partial charge in [0.15, 0.2) is 0 Å². The van der Waals surface area contributed by atoms with Crippen molar-refractivity contribution in [1.29, 1.82) is 0 Å². The van der Waals surface area contributed by atoms with Crippen LogP contribution in [0.15, 0.2) is 18.3 Å². The maximum absolute atomic E-state index is 4.60. The summed E-state index contributed by atoms with van der Waals surface area (Å²) in [6.07, 6.45) is 4.27. The van der Waals surface area contributed by atoms with Crippen LogP contribution in [0.3, 0.4) is 0 Å². The summed E-state index contributed by atoms with van der Waals surface area (Å²) in [5.74, 6) is 1.03. The first-order chi connectivity index (χ1) is 8.11. The Morgan fingerprint density at radius 3 is 2.59 bits per heavy atom. The summed E-state index contributed by atoms with van der Waals surface area (Å²) < 4.78 is 0. The molecule has 17 heavy (non-hydrogen) atoms. The van der Waals surface area contributed by atoms with E-state index in [0.717, 1.165) is 13.1 Å². The zero-order valence-electron chi connectivity index (χ0n) is 11.2. The molecule has 0 fully saturated rings. The number of hydrogen-bond donors (Lipinski definition) is 1. The third kappa shape index (κ3) is 2.42. The molecule has 0 amide bonds. The smallest absolute Gasteiger partial charge is 0.0507 e.